The summed E-state index contributed by atoms with van der Waals surface area (Å²) in [7, 11) is 0. The van der Waals surface area contributed by atoms with Crippen LogP contribution in [-0.4, -0.2) is 68.4 Å². The van der Waals surface area contributed by atoms with E-state index >= 15 is 0 Å². The molecule has 0 fully saturated rings. The van der Waals surface area contributed by atoms with Crippen molar-refractivity contribution in [1.29, 1.82) is 0 Å². The maximum absolute atomic E-state index is 11.6. The zero-order valence-corrected chi connectivity index (χ0v) is 23.4. The SMILES string of the molecule is CC1(C)C/C(=N/Nc2ccc([N+](=O)[O-])cc2[N+](=O)[O-])c2c(oc3cc4c(cc23)OCCOCCOCCOCCO4)C1. The Morgan fingerprint density at radius 2 is 1.43 bits per heavy atom. The Morgan fingerprint density at radius 3 is 2.05 bits per heavy atom. The number of fused-ring (bicyclic) bond motifs is 4. The topological polar surface area (TPSA) is 170 Å². The fourth-order valence-corrected chi connectivity index (χ4v) is 4.93. The van der Waals surface area contributed by atoms with Crippen LogP contribution in [-0.2, 0) is 20.6 Å². The van der Waals surface area contributed by atoms with Gasteiger partial charge in [0.05, 0.1) is 61.3 Å². The van der Waals surface area contributed by atoms with Crippen LogP contribution >= 0.6 is 0 Å². The standard InChI is InChI=1S/C28H32N4O10/c1-28(2)16-21(30-29-20-4-3-18(31(33)34)13-22(20)32(35)36)27-19-14-24-25(15-23(19)42-26(27)17-28)41-12-10-39-8-6-37-5-7-38-9-11-40-24/h3-4,13-15,29H,5-12,16-17H2,1-2H3/b30-21-. The molecule has 1 aliphatic heterocycles. The first-order valence-electron chi connectivity index (χ1n) is 13.6. The van der Waals surface area contributed by atoms with Gasteiger partial charge in [0.2, 0.25) is 0 Å². The highest BCUT2D eigenvalue weighted by atomic mass is 16.6. The molecule has 0 amide bonds. The number of rotatable bonds is 4. The van der Waals surface area contributed by atoms with Gasteiger partial charge in [-0.05, 0) is 24.0 Å². The van der Waals surface area contributed by atoms with Crippen molar-refractivity contribution >= 4 is 33.7 Å². The molecule has 0 saturated heterocycles. The lowest BCUT2D eigenvalue weighted by Gasteiger charge is -2.29. The van der Waals surface area contributed by atoms with E-state index in [1.165, 1.54) is 12.1 Å². The van der Waals surface area contributed by atoms with Crippen LogP contribution in [0.2, 0.25) is 0 Å². The van der Waals surface area contributed by atoms with Gasteiger partial charge in [0, 0.05) is 29.5 Å². The summed E-state index contributed by atoms with van der Waals surface area (Å²) in [6.45, 7) is 7.31. The van der Waals surface area contributed by atoms with Crippen LogP contribution in [0.5, 0.6) is 11.5 Å². The number of hydrogen-bond donors (Lipinski definition) is 1. The molecule has 0 bridgehead atoms. The molecule has 224 valence electrons. The summed E-state index contributed by atoms with van der Waals surface area (Å²) in [5.74, 6) is 1.72. The van der Waals surface area contributed by atoms with Gasteiger partial charge in [-0.1, -0.05) is 13.8 Å². The summed E-state index contributed by atoms with van der Waals surface area (Å²) in [4.78, 5) is 21.4. The summed E-state index contributed by atoms with van der Waals surface area (Å²) in [5.41, 5.74) is 3.73. The first-order chi connectivity index (χ1) is 20.2. The maximum Gasteiger partial charge on any atom is 0.301 e. The normalized spacial score (nSPS) is 19.0. The molecule has 5 rings (SSSR count). The molecule has 0 atom stereocenters. The summed E-state index contributed by atoms with van der Waals surface area (Å²) < 4.78 is 35.0. The van der Waals surface area contributed by atoms with E-state index in [2.05, 4.69) is 24.4 Å². The van der Waals surface area contributed by atoms with E-state index in [1.54, 1.807) is 6.07 Å². The van der Waals surface area contributed by atoms with Gasteiger partial charge in [-0.3, -0.25) is 25.7 Å². The van der Waals surface area contributed by atoms with Crippen molar-refractivity contribution in [2.24, 2.45) is 10.5 Å². The summed E-state index contributed by atoms with van der Waals surface area (Å²) in [6.07, 6.45) is 1.19. The van der Waals surface area contributed by atoms with Crippen LogP contribution in [0.1, 0.15) is 31.6 Å². The molecule has 0 unspecified atom stereocenters. The predicted octanol–water partition coefficient (Wildman–Crippen LogP) is 4.86. The number of nitrogens with one attached hydrogen (secondary N) is 1. The molecular weight excluding hydrogens is 552 g/mol. The smallest absolute Gasteiger partial charge is 0.301 e. The van der Waals surface area contributed by atoms with Gasteiger partial charge >= 0.3 is 5.69 Å². The lowest BCUT2D eigenvalue weighted by molar-refractivity contribution is -0.393. The number of benzene rings is 2. The number of hydrazone groups is 1. The van der Waals surface area contributed by atoms with Crippen molar-refractivity contribution in [3.05, 3.63) is 61.9 Å². The van der Waals surface area contributed by atoms with Crippen molar-refractivity contribution in [3.63, 3.8) is 0 Å². The van der Waals surface area contributed by atoms with Crippen molar-refractivity contribution in [2.75, 3.05) is 58.3 Å². The highest BCUT2D eigenvalue weighted by Gasteiger charge is 2.35. The molecule has 0 saturated carbocycles. The summed E-state index contributed by atoms with van der Waals surface area (Å²) >= 11 is 0. The number of anilines is 1. The molecular formula is C28H32N4O10. The summed E-state index contributed by atoms with van der Waals surface area (Å²) in [5, 5.41) is 28.1. The molecule has 2 aromatic carbocycles. The third-order valence-electron chi connectivity index (χ3n) is 6.82. The quantitative estimate of drug-likeness (QED) is 0.328. The van der Waals surface area contributed by atoms with Crippen LogP contribution in [0.15, 0.2) is 39.9 Å². The summed E-state index contributed by atoms with van der Waals surface area (Å²) in [6, 6.07) is 7.00. The Balaban J connectivity index is 1.50. The molecule has 2 heterocycles. The molecule has 1 aliphatic carbocycles. The third kappa shape index (κ3) is 6.78. The van der Waals surface area contributed by atoms with E-state index in [9.17, 15) is 20.2 Å². The van der Waals surface area contributed by atoms with Crippen molar-refractivity contribution in [3.8, 4) is 11.5 Å². The van der Waals surface area contributed by atoms with E-state index < -0.39 is 15.5 Å². The molecule has 1 aromatic heterocycles. The first kappa shape index (κ1) is 29.2. The maximum atomic E-state index is 11.6. The van der Waals surface area contributed by atoms with Gasteiger partial charge < -0.3 is 28.1 Å². The number of ether oxygens (including phenoxy) is 5. The van der Waals surface area contributed by atoms with Gasteiger partial charge in [0.15, 0.2) is 11.5 Å². The monoisotopic (exact) mass is 584 g/mol. The van der Waals surface area contributed by atoms with Crippen LogP contribution in [0.4, 0.5) is 17.1 Å². The second kappa shape index (κ2) is 12.7. The number of non-ortho nitro benzene ring substituents is 1. The lowest BCUT2D eigenvalue weighted by Crippen LogP contribution is -2.27. The number of furan rings is 1. The average molecular weight is 585 g/mol. The Labute approximate surface area is 240 Å². The first-order valence-corrected chi connectivity index (χ1v) is 13.6. The van der Waals surface area contributed by atoms with Gasteiger partial charge in [-0.15, -0.1) is 0 Å². The fourth-order valence-electron chi connectivity index (χ4n) is 4.93. The second-order valence-electron chi connectivity index (χ2n) is 10.6. The Bertz CT molecular complexity index is 1500. The number of nitro groups is 2. The molecule has 42 heavy (non-hydrogen) atoms. The minimum absolute atomic E-state index is 0.0344. The average Bonchev–Trinajstić information content (AvgIpc) is 3.28. The lowest BCUT2D eigenvalue weighted by atomic mass is 9.75. The number of nitrogens with zero attached hydrogens (tertiary/aromatic N) is 3. The molecule has 14 nitrogen and oxygen atoms in total. The molecule has 3 aromatic rings. The van der Waals surface area contributed by atoms with Gasteiger partial charge in [-0.25, -0.2) is 0 Å². The van der Waals surface area contributed by atoms with Crippen LogP contribution in [0.25, 0.3) is 11.0 Å². The predicted molar refractivity (Wildman–Crippen MR) is 152 cm³/mol. The van der Waals surface area contributed by atoms with Crippen molar-refractivity contribution in [1.82, 2.24) is 0 Å². The van der Waals surface area contributed by atoms with E-state index in [0.29, 0.717) is 81.9 Å². The van der Waals surface area contributed by atoms with Crippen LogP contribution in [0, 0.1) is 25.6 Å². The third-order valence-corrected chi connectivity index (χ3v) is 6.82. The molecule has 0 radical (unpaired) electrons. The minimum atomic E-state index is -0.684. The second-order valence-corrected chi connectivity index (χ2v) is 10.6. The van der Waals surface area contributed by atoms with Crippen molar-refractivity contribution in [2.45, 2.75) is 26.7 Å². The zero-order valence-electron chi connectivity index (χ0n) is 23.4. The van der Waals surface area contributed by atoms with Crippen molar-refractivity contribution < 1.29 is 37.9 Å². The highest BCUT2D eigenvalue weighted by Crippen LogP contribution is 2.43. The van der Waals surface area contributed by atoms with Gasteiger partial charge in [-0.2, -0.15) is 5.10 Å². The molecule has 1 N–H and O–H groups in total. The Hall–Kier alpha value is -4.27. The number of hydrogen-bond acceptors (Lipinski definition) is 12. The Morgan fingerprint density at radius 1 is 0.810 bits per heavy atom. The molecule has 14 heteroatoms. The van der Waals surface area contributed by atoms with E-state index in [0.717, 1.165) is 22.8 Å². The molecule has 2 aliphatic rings. The number of nitro benzene ring substituents is 2. The van der Waals surface area contributed by atoms with E-state index in [4.69, 9.17) is 28.1 Å². The Kier molecular flexibility index (Phi) is 8.85. The highest BCUT2D eigenvalue weighted by molar-refractivity contribution is 6.13. The minimum Gasteiger partial charge on any atom is -0.487 e. The van der Waals surface area contributed by atoms with Crippen LogP contribution in [0.3, 0.4) is 0 Å². The largest absolute Gasteiger partial charge is 0.487 e. The zero-order chi connectivity index (χ0) is 29.7. The fraction of sp³-hybridized carbons (Fsp3) is 0.464. The molecule has 0 spiro atoms. The van der Waals surface area contributed by atoms with E-state index in [1.807, 2.05) is 6.07 Å². The van der Waals surface area contributed by atoms with Gasteiger partial charge in [0.1, 0.15) is 30.2 Å². The van der Waals surface area contributed by atoms with E-state index in [-0.39, 0.29) is 23.4 Å². The van der Waals surface area contributed by atoms with Gasteiger partial charge in [0.25, 0.3) is 5.69 Å². The van der Waals surface area contributed by atoms with Crippen LogP contribution < -0.4 is 14.9 Å².